The van der Waals surface area contributed by atoms with E-state index in [0.717, 1.165) is 0 Å². The maximum atomic E-state index is 2.31. The van der Waals surface area contributed by atoms with Crippen LogP contribution in [-0.2, 0) is 0 Å². The minimum absolute atomic E-state index is 1.24. The molecule has 0 aromatic heterocycles. The highest BCUT2D eigenvalue weighted by Crippen LogP contribution is 2.24. The van der Waals surface area contributed by atoms with E-state index < -0.39 is 0 Å². The number of hydrogen-bond donors (Lipinski definition) is 0. The Bertz CT molecular complexity index is 242. The first-order valence-electron chi connectivity index (χ1n) is 6.37. The van der Waals surface area contributed by atoms with Gasteiger partial charge in [0.1, 0.15) is 7.85 Å². The predicted octanol–water partition coefficient (Wildman–Crippen LogP) is 4.22. The zero-order valence-electron chi connectivity index (χ0n) is 11.5. The summed E-state index contributed by atoms with van der Waals surface area (Å²) in [5, 5.41) is 0. The van der Waals surface area contributed by atoms with Gasteiger partial charge in [-0.1, -0.05) is 44.8 Å². The fourth-order valence-corrected chi connectivity index (χ4v) is 1.87. The Labute approximate surface area is 97.3 Å². The zero-order valence-corrected chi connectivity index (χ0v) is 11.5. The van der Waals surface area contributed by atoms with E-state index in [4.69, 9.17) is 0 Å². The summed E-state index contributed by atoms with van der Waals surface area (Å²) in [6, 6.07) is 0. The molecule has 0 fully saturated rings. The molecule has 0 atom stereocenters. The molecule has 0 heterocycles. The molecule has 86 valence electrons. The lowest BCUT2D eigenvalue weighted by Gasteiger charge is -2.14. The summed E-state index contributed by atoms with van der Waals surface area (Å²) < 4.78 is 0. The largest absolute Gasteiger partial charge is 0.133 e. The minimum atomic E-state index is 1.24. The molecule has 0 saturated carbocycles. The maximum absolute atomic E-state index is 2.31. The van der Waals surface area contributed by atoms with E-state index in [9.17, 15) is 0 Å². The van der Waals surface area contributed by atoms with Gasteiger partial charge in [-0.2, -0.15) is 0 Å². The molecule has 0 bridgehead atoms. The Morgan fingerprint density at radius 1 is 0.933 bits per heavy atom. The van der Waals surface area contributed by atoms with Crippen LogP contribution >= 0.6 is 0 Å². The molecule has 0 aliphatic rings. The molecule has 0 aromatic rings. The molecule has 15 heavy (non-hydrogen) atoms. The van der Waals surface area contributed by atoms with Gasteiger partial charge in [0, 0.05) is 0 Å². The summed E-state index contributed by atoms with van der Waals surface area (Å²) in [6.45, 7) is 11.3. The molecule has 0 aromatic carbocycles. The van der Waals surface area contributed by atoms with Gasteiger partial charge in [0.05, 0.1) is 0 Å². The second-order valence-electron chi connectivity index (χ2n) is 4.74. The molecule has 0 aliphatic heterocycles. The third kappa shape index (κ3) is 5.25. The van der Waals surface area contributed by atoms with Crippen molar-refractivity contribution < 1.29 is 0 Å². The molecular weight excluding hydrogens is 179 g/mol. The summed E-state index contributed by atoms with van der Waals surface area (Å²) >= 11 is 0. The quantitative estimate of drug-likeness (QED) is 0.451. The van der Waals surface area contributed by atoms with E-state index in [1.807, 2.05) is 0 Å². The molecule has 0 aliphatic carbocycles. The van der Waals surface area contributed by atoms with Gasteiger partial charge < -0.3 is 0 Å². The Morgan fingerprint density at radius 3 is 1.93 bits per heavy atom. The van der Waals surface area contributed by atoms with Crippen molar-refractivity contribution in [2.75, 3.05) is 0 Å². The third-order valence-electron chi connectivity index (χ3n) is 3.12. The van der Waals surface area contributed by atoms with Gasteiger partial charge in [-0.15, -0.1) is 5.47 Å². The van der Waals surface area contributed by atoms with Crippen LogP contribution in [0.4, 0.5) is 0 Å². The standard InChI is InChI=1S/C14H27B/c1-6-8-10-11(3)14(9-7-2)12(4)13(5)15/h6-10,15H2,1-5H3/b13-12+,14-11+. The van der Waals surface area contributed by atoms with Crippen LogP contribution in [0.3, 0.4) is 0 Å². The summed E-state index contributed by atoms with van der Waals surface area (Å²) in [5.41, 5.74) is 6.21. The van der Waals surface area contributed by atoms with Crippen LogP contribution in [0.2, 0.25) is 0 Å². The maximum Gasteiger partial charge on any atom is 0.133 e. The normalized spacial score (nSPS) is 14.7. The van der Waals surface area contributed by atoms with Crippen molar-refractivity contribution in [3.8, 4) is 0 Å². The molecule has 0 unspecified atom stereocenters. The van der Waals surface area contributed by atoms with E-state index in [-0.39, 0.29) is 0 Å². The van der Waals surface area contributed by atoms with Crippen LogP contribution < -0.4 is 0 Å². The fourth-order valence-electron chi connectivity index (χ4n) is 1.87. The predicted molar refractivity (Wildman–Crippen MR) is 74.1 cm³/mol. The molecule has 0 nitrogen and oxygen atoms in total. The minimum Gasteiger partial charge on any atom is -0.110 e. The van der Waals surface area contributed by atoms with Gasteiger partial charge in [-0.25, -0.2) is 0 Å². The smallest absolute Gasteiger partial charge is 0.110 e. The second kappa shape index (κ2) is 7.79. The molecule has 1 heteroatoms. The number of unbranched alkanes of at least 4 members (excludes halogenated alkanes) is 1. The number of allylic oxidation sites excluding steroid dienone is 4. The van der Waals surface area contributed by atoms with E-state index in [0.29, 0.717) is 0 Å². The Hall–Kier alpha value is -0.455. The van der Waals surface area contributed by atoms with Crippen molar-refractivity contribution in [2.45, 2.75) is 66.7 Å². The van der Waals surface area contributed by atoms with Gasteiger partial charge in [-0.05, 0) is 38.7 Å². The highest BCUT2D eigenvalue weighted by Gasteiger charge is 2.05. The second-order valence-corrected chi connectivity index (χ2v) is 4.74. The van der Waals surface area contributed by atoms with Crippen molar-refractivity contribution >= 4 is 7.85 Å². The van der Waals surface area contributed by atoms with Gasteiger partial charge in [-0.3, -0.25) is 0 Å². The van der Waals surface area contributed by atoms with Crippen LogP contribution in [0.1, 0.15) is 66.7 Å². The summed E-state index contributed by atoms with van der Waals surface area (Å²) in [7, 11) is 2.22. The van der Waals surface area contributed by atoms with E-state index in [1.54, 1.807) is 11.1 Å². The lowest BCUT2D eigenvalue weighted by atomic mass is 9.85. The molecule has 0 radical (unpaired) electrons. The first-order valence-corrected chi connectivity index (χ1v) is 6.37. The topological polar surface area (TPSA) is 0 Å². The molecule has 0 saturated heterocycles. The van der Waals surface area contributed by atoms with Crippen LogP contribution in [-0.4, -0.2) is 7.85 Å². The highest BCUT2D eigenvalue weighted by atomic mass is 14.1. The summed E-state index contributed by atoms with van der Waals surface area (Å²) in [6.07, 6.45) is 6.39. The van der Waals surface area contributed by atoms with Crippen molar-refractivity contribution in [3.63, 3.8) is 0 Å². The van der Waals surface area contributed by atoms with E-state index in [1.165, 1.54) is 43.1 Å². The monoisotopic (exact) mass is 206 g/mol. The van der Waals surface area contributed by atoms with Crippen molar-refractivity contribution in [1.82, 2.24) is 0 Å². The van der Waals surface area contributed by atoms with E-state index >= 15 is 0 Å². The molecule has 0 rings (SSSR count). The van der Waals surface area contributed by atoms with Gasteiger partial charge in [0.25, 0.3) is 0 Å². The first kappa shape index (κ1) is 14.5. The van der Waals surface area contributed by atoms with Crippen molar-refractivity contribution in [3.05, 3.63) is 22.2 Å². The lowest BCUT2D eigenvalue weighted by molar-refractivity contribution is 0.769. The molecule has 0 N–H and O–H groups in total. The van der Waals surface area contributed by atoms with Crippen LogP contribution in [0.5, 0.6) is 0 Å². The van der Waals surface area contributed by atoms with Crippen LogP contribution in [0.25, 0.3) is 0 Å². The third-order valence-corrected chi connectivity index (χ3v) is 3.12. The van der Waals surface area contributed by atoms with Crippen molar-refractivity contribution in [2.24, 2.45) is 0 Å². The Morgan fingerprint density at radius 2 is 1.53 bits per heavy atom. The van der Waals surface area contributed by atoms with Gasteiger partial charge in [0.15, 0.2) is 0 Å². The molecular formula is C14H27B. The first-order chi connectivity index (χ1) is 7.04. The van der Waals surface area contributed by atoms with Gasteiger partial charge in [0.2, 0.25) is 0 Å². The lowest BCUT2D eigenvalue weighted by Crippen LogP contribution is -1.95. The SMILES string of the molecule is B/C(C)=C(C)/C(CCC)=C(\C)CCCC. The number of hydrogen-bond acceptors (Lipinski definition) is 0. The average Bonchev–Trinajstić information content (AvgIpc) is 2.21. The van der Waals surface area contributed by atoms with Crippen molar-refractivity contribution in [1.29, 1.82) is 0 Å². The van der Waals surface area contributed by atoms with Crippen LogP contribution in [0, 0.1) is 0 Å². The molecule has 0 amide bonds. The highest BCUT2D eigenvalue weighted by molar-refractivity contribution is 6.21. The summed E-state index contributed by atoms with van der Waals surface area (Å²) in [5.74, 6) is 0. The fraction of sp³-hybridized carbons (Fsp3) is 0.714. The molecule has 0 spiro atoms. The zero-order chi connectivity index (χ0) is 11.8. The number of rotatable bonds is 6. The summed E-state index contributed by atoms with van der Waals surface area (Å²) in [4.78, 5) is 0. The Kier molecular flexibility index (Phi) is 7.55. The average molecular weight is 206 g/mol. The van der Waals surface area contributed by atoms with E-state index in [2.05, 4.69) is 42.5 Å². The van der Waals surface area contributed by atoms with Gasteiger partial charge >= 0.3 is 0 Å². The Balaban J connectivity index is 4.84. The van der Waals surface area contributed by atoms with Crippen LogP contribution in [0.15, 0.2) is 22.2 Å².